The predicted molar refractivity (Wildman–Crippen MR) is 70.5 cm³/mol. The second-order valence-corrected chi connectivity index (χ2v) is 6.57. The lowest BCUT2D eigenvalue weighted by Crippen LogP contribution is -2.07. The molecule has 94 valence electrons. The Morgan fingerprint density at radius 1 is 1.00 bits per heavy atom. The molecule has 1 N–H and O–H groups in total. The van der Waals surface area contributed by atoms with Gasteiger partial charge in [-0.1, -0.05) is 25.7 Å². The highest BCUT2D eigenvalue weighted by Gasteiger charge is 2.26. The predicted octanol–water partition coefficient (Wildman–Crippen LogP) is 3.95. The van der Waals surface area contributed by atoms with Gasteiger partial charge in [0.05, 0.1) is 16.8 Å². The third-order valence-corrected chi connectivity index (χ3v) is 5.44. The maximum atomic E-state index is 9.97. The van der Waals surface area contributed by atoms with Crippen LogP contribution in [0.2, 0.25) is 0 Å². The largest absolute Gasteiger partial charge is 0.387 e. The van der Waals surface area contributed by atoms with Crippen LogP contribution < -0.4 is 0 Å². The zero-order valence-corrected chi connectivity index (χ0v) is 11.1. The standard InChI is InChI=1S/C14H21NOS/c16-11-8-5-9-12-13(11)15-14(17-12)10-6-3-1-2-4-7-10/h10-11,16H,1-9H2. The molecule has 0 aliphatic heterocycles. The Labute approximate surface area is 107 Å². The molecule has 1 aromatic rings. The van der Waals surface area contributed by atoms with Crippen molar-refractivity contribution in [2.45, 2.75) is 69.8 Å². The van der Waals surface area contributed by atoms with Gasteiger partial charge in [-0.25, -0.2) is 4.98 Å². The SMILES string of the molecule is OC1CCCc2sc(C3CCCCCC3)nc21. The molecule has 2 aliphatic rings. The average Bonchev–Trinajstić information content (AvgIpc) is 2.59. The summed E-state index contributed by atoms with van der Waals surface area (Å²) in [5, 5.41) is 11.3. The Kier molecular flexibility index (Phi) is 3.48. The van der Waals surface area contributed by atoms with Crippen molar-refractivity contribution in [2.75, 3.05) is 0 Å². The van der Waals surface area contributed by atoms with Gasteiger partial charge in [0, 0.05) is 10.8 Å². The van der Waals surface area contributed by atoms with Gasteiger partial charge in [-0.3, -0.25) is 0 Å². The Morgan fingerprint density at radius 2 is 1.76 bits per heavy atom. The van der Waals surface area contributed by atoms with Crippen LogP contribution in [-0.4, -0.2) is 10.1 Å². The minimum atomic E-state index is -0.283. The van der Waals surface area contributed by atoms with Gasteiger partial charge in [0.1, 0.15) is 0 Å². The van der Waals surface area contributed by atoms with Gasteiger partial charge in [0.2, 0.25) is 0 Å². The van der Waals surface area contributed by atoms with Crippen molar-refractivity contribution in [2.24, 2.45) is 0 Å². The van der Waals surface area contributed by atoms with Crippen LogP contribution in [-0.2, 0) is 6.42 Å². The summed E-state index contributed by atoms with van der Waals surface area (Å²) in [6.45, 7) is 0. The molecule has 3 rings (SSSR count). The highest BCUT2D eigenvalue weighted by atomic mass is 32.1. The molecule has 0 saturated heterocycles. The molecule has 3 heteroatoms. The first-order chi connectivity index (χ1) is 8.34. The number of aliphatic hydroxyl groups is 1. The molecule has 2 nitrogen and oxygen atoms in total. The third kappa shape index (κ3) is 2.41. The molecule has 17 heavy (non-hydrogen) atoms. The first kappa shape index (κ1) is 11.7. The number of hydrogen-bond acceptors (Lipinski definition) is 3. The van der Waals surface area contributed by atoms with E-state index in [1.54, 1.807) is 0 Å². The summed E-state index contributed by atoms with van der Waals surface area (Å²) in [5.41, 5.74) is 1.01. The number of aromatic nitrogens is 1. The summed E-state index contributed by atoms with van der Waals surface area (Å²) in [6, 6.07) is 0. The summed E-state index contributed by atoms with van der Waals surface area (Å²) in [4.78, 5) is 6.13. The van der Waals surface area contributed by atoms with Crippen LogP contribution >= 0.6 is 11.3 Å². The molecule has 0 aromatic carbocycles. The van der Waals surface area contributed by atoms with Crippen LogP contribution in [0.1, 0.15) is 79.0 Å². The summed E-state index contributed by atoms with van der Waals surface area (Å²) in [6.07, 6.45) is 11.0. The number of aliphatic hydroxyl groups excluding tert-OH is 1. The number of nitrogens with zero attached hydrogens (tertiary/aromatic N) is 1. The summed E-state index contributed by atoms with van der Waals surface area (Å²) >= 11 is 1.88. The Hall–Kier alpha value is -0.410. The van der Waals surface area contributed by atoms with Crippen LogP contribution in [0.25, 0.3) is 0 Å². The number of rotatable bonds is 1. The van der Waals surface area contributed by atoms with E-state index >= 15 is 0 Å². The minimum Gasteiger partial charge on any atom is -0.387 e. The fourth-order valence-electron chi connectivity index (χ4n) is 3.12. The summed E-state index contributed by atoms with van der Waals surface area (Å²) in [5.74, 6) is 0.681. The molecule has 1 atom stereocenters. The quantitative estimate of drug-likeness (QED) is 0.767. The maximum Gasteiger partial charge on any atom is 0.0971 e. The number of thiazole rings is 1. The van der Waals surface area contributed by atoms with Crippen LogP contribution in [0.4, 0.5) is 0 Å². The van der Waals surface area contributed by atoms with Crippen molar-refractivity contribution in [1.29, 1.82) is 0 Å². The van der Waals surface area contributed by atoms with Crippen molar-refractivity contribution in [3.05, 3.63) is 15.6 Å². The molecule has 2 aliphatic carbocycles. The van der Waals surface area contributed by atoms with Crippen LogP contribution in [0, 0.1) is 0 Å². The number of aryl methyl sites for hydroxylation is 1. The van der Waals surface area contributed by atoms with Crippen molar-refractivity contribution in [3.63, 3.8) is 0 Å². The molecule has 1 heterocycles. The first-order valence-corrected chi connectivity index (χ1v) is 7.84. The second-order valence-electron chi connectivity index (χ2n) is 5.46. The minimum absolute atomic E-state index is 0.283. The van der Waals surface area contributed by atoms with E-state index in [2.05, 4.69) is 0 Å². The molecule has 0 amide bonds. The first-order valence-electron chi connectivity index (χ1n) is 7.02. The molecule has 0 radical (unpaired) electrons. The molecule has 1 fully saturated rings. The second kappa shape index (κ2) is 5.07. The lowest BCUT2D eigenvalue weighted by molar-refractivity contribution is 0.152. The zero-order chi connectivity index (χ0) is 11.7. The molecule has 1 unspecified atom stereocenters. The van der Waals surface area contributed by atoms with Crippen molar-refractivity contribution >= 4 is 11.3 Å². The van der Waals surface area contributed by atoms with E-state index < -0.39 is 0 Å². The van der Waals surface area contributed by atoms with E-state index in [1.807, 2.05) is 11.3 Å². The molecular formula is C14H21NOS. The lowest BCUT2D eigenvalue weighted by Gasteiger charge is -2.14. The van der Waals surface area contributed by atoms with Gasteiger partial charge in [-0.2, -0.15) is 0 Å². The third-order valence-electron chi connectivity index (χ3n) is 4.15. The highest BCUT2D eigenvalue weighted by molar-refractivity contribution is 7.11. The van der Waals surface area contributed by atoms with Crippen LogP contribution in [0.15, 0.2) is 0 Å². The Bertz CT molecular complexity index is 380. The average molecular weight is 251 g/mol. The Balaban J connectivity index is 1.83. The van der Waals surface area contributed by atoms with E-state index in [-0.39, 0.29) is 6.10 Å². The fraction of sp³-hybridized carbons (Fsp3) is 0.786. The fourth-order valence-corrected chi connectivity index (χ4v) is 4.45. The molecule has 1 aromatic heterocycles. The molecule has 0 bridgehead atoms. The molecule has 0 spiro atoms. The van der Waals surface area contributed by atoms with E-state index in [9.17, 15) is 5.11 Å². The van der Waals surface area contributed by atoms with Crippen LogP contribution in [0.5, 0.6) is 0 Å². The van der Waals surface area contributed by atoms with E-state index in [4.69, 9.17) is 4.98 Å². The van der Waals surface area contributed by atoms with E-state index in [0.29, 0.717) is 5.92 Å². The van der Waals surface area contributed by atoms with Crippen molar-refractivity contribution in [3.8, 4) is 0 Å². The highest BCUT2D eigenvalue weighted by Crippen LogP contribution is 2.39. The molecule has 1 saturated carbocycles. The summed E-state index contributed by atoms with van der Waals surface area (Å²) < 4.78 is 0. The van der Waals surface area contributed by atoms with Crippen molar-refractivity contribution < 1.29 is 5.11 Å². The smallest absolute Gasteiger partial charge is 0.0971 e. The van der Waals surface area contributed by atoms with Gasteiger partial charge in [-0.15, -0.1) is 11.3 Å². The topological polar surface area (TPSA) is 33.1 Å². The normalized spacial score (nSPS) is 26.5. The van der Waals surface area contributed by atoms with E-state index in [0.717, 1.165) is 25.0 Å². The van der Waals surface area contributed by atoms with Crippen molar-refractivity contribution in [1.82, 2.24) is 4.98 Å². The monoisotopic (exact) mass is 251 g/mol. The lowest BCUT2D eigenvalue weighted by atomic mass is 9.99. The van der Waals surface area contributed by atoms with Gasteiger partial charge >= 0.3 is 0 Å². The Morgan fingerprint density at radius 3 is 2.47 bits per heavy atom. The van der Waals surface area contributed by atoms with Gasteiger partial charge < -0.3 is 5.11 Å². The maximum absolute atomic E-state index is 9.97. The van der Waals surface area contributed by atoms with Gasteiger partial charge in [0.25, 0.3) is 0 Å². The van der Waals surface area contributed by atoms with Gasteiger partial charge in [0.15, 0.2) is 0 Å². The number of fused-ring (bicyclic) bond motifs is 1. The zero-order valence-electron chi connectivity index (χ0n) is 10.3. The molecular weight excluding hydrogens is 230 g/mol. The summed E-state index contributed by atoms with van der Waals surface area (Å²) in [7, 11) is 0. The van der Waals surface area contributed by atoms with E-state index in [1.165, 1.54) is 48.4 Å². The number of hydrogen-bond donors (Lipinski definition) is 1. The van der Waals surface area contributed by atoms with Crippen LogP contribution in [0.3, 0.4) is 0 Å². The van der Waals surface area contributed by atoms with Gasteiger partial charge in [-0.05, 0) is 32.1 Å².